The van der Waals surface area contributed by atoms with Crippen molar-refractivity contribution in [2.24, 2.45) is 0 Å². The Hall–Kier alpha value is -0.780. The van der Waals surface area contributed by atoms with Crippen LogP contribution in [0.2, 0.25) is 0 Å². The van der Waals surface area contributed by atoms with Crippen LogP contribution in [0, 0.1) is 11.8 Å². The monoisotopic (exact) mass is 251 g/mol. The van der Waals surface area contributed by atoms with Gasteiger partial charge in [0.1, 0.15) is 0 Å². The molecule has 0 spiro atoms. The van der Waals surface area contributed by atoms with Crippen LogP contribution in [0.3, 0.4) is 0 Å². The molecule has 0 aliphatic rings. The number of hydrogen-bond donors (Lipinski definition) is 1. The Morgan fingerprint density at radius 2 is 2.29 bits per heavy atom. The maximum atomic E-state index is 3.46. The van der Waals surface area contributed by atoms with Crippen molar-refractivity contribution in [3.8, 4) is 11.8 Å². The fourth-order valence-corrected chi connectivity index (χ4v) is 1.60. The summed E-state index contributed by atoms with van der Waals surface area (Å²) >= 11 is 3.46. The van der Waals surface area contributed by atoms with Crippen LogP contribution < -0.4 is 5.32 Å². The van der Waals surface area contributed by atoms with Crippen LogP contribution in [0.25, 0.3) is 0 Å². The van der Waals surface area contributed by atoms with E-state index in [2.05, 4.69) is 52.1 Å². The number of halogens is 1. The summed E-state index contributed by atoms with van der Waals surface area (Å²) in [7, 11) is 0. The predicted octanol–water partition coefficient (Wildman–Crippen LogP) is 3.12. The predicted molar refractivity (Wildman–Crippen MR) is 64.0 cm³/mol. The number of benzene rings is 1. The van der Waals surface area contributed by atoms with E-state index in [1.54, 1.807) is 0 Å². The first-order chi connectivity index (χ1) is 6.74. The lowest BCUT2D eigenvalue weighted by atomic mass is 10.1. The fraction of sp³-hybridized carbons (Fsp3) is 0.333. The minimum Gasteiger partial charge on any atom is -0.300 e. The zero-order valence-corrected chi connectivity index (χ0v) is 10.1. The van der Waals surface area contributed by atoms with Gasteiger partial charge in [-0.25, -0.2) is 0 Å². The molecular formula is C12H14BrN. The van der Waals surface area contributed by atoms with Gasteiger partial charge in [0.25, 0.3) is 0 Å². The molecule has 0 fully saturated rings. The molecule has 0 amide bonds. The molecule has 0 unspecified atom stereocenters. The molecule has 0 radical (unpaired) electrons. The van der Waals surface area contributed by atoms with Crippen LogP contribution in [-0.4, -0.2) is 6.54 Å². The second kappa shape index (κ2) is 5.85. The van der Waals surface area contributed by atoms with Gasteiger partial charge in [0.2, 0.25) is 0 Å². The molecule has 2 heteroatoms. The van der Waals surface area contributed by atoms with Gasteiger partial charge in [-0.05, 0) is 31.5 Å². The van der Waals surface area contributed by atoms with Gasteiger partial charge in [0.05, 0.1) is 6.54 Å². The summed E-state index contributed by atoms with van der Waals surface area (Å²) in [5.74, 6) is 5.85. The molecule has 0 aliphatic heterocycles. The molecule has 1 nitrogen and oxygen atoms in total. The highest BCUT2D eigenvalue weighted by atomic mass is 79.9. The third-order valence-corrected chi connectivity index (χ3v) is 2.52. The highest BCUT2D eigenvalue weighted by Crippen LogP contribution is 2.17. The second-order valence-corrected chi connectivity index (χ2v) is 4.00. The molecule has 0 aliphatic carbocycles. The minimum absolute atomic E-state index is 0.341. The van der Waals surface area contributed by atoms with Crippen molar-refractivity contribution in [2.45, 2.75) is 19.9 Å². The van der Waals surface area contributed by atoms with Crippen LogP contribution in [0.1, 0.15) is 25.5 Å². The molecule has 0 saturated carbocycles. The minimum atomic E-state index is 0.341. The average molecular weight is 252 g/mol. The summed E-state index contributed by atoms with van der Waals surface area (Å²) in [5.41, 5.74) is 1.28. The van der Waals surface area contributed by atoms with Gasteiger partial charge in [-0.3, -0.25) is 5.32 Å². The zero-order chi connectivity index (χ0) is 10.4. The van der Waals surface area contributed by atoms with Crippen molar-refractivity contribution in [2.75, 3.05) is 6.54 Å². The van der Waals surface area contributed by atoms with Crippen LogP contribution in [0.15, 0.2) is 28.7 Å². The highest BCUT2D eigenvalue weighted by Gasteiger charge is 2.02. The SMILES string of the molecule is CC#CCN[C@@H](C)c1cccc(Br)c1. The van der Waals surface area contributed by atoms with E-state index in [0.717, 1.165) is 11.0 Å². The Balaban J connectivity index is 2.58. The van der Waals surface area contributed by atoms with Gasteiger partial charge in [-0.2, -0.15) is 0 Å². The smallest absolute Gasteiger partial charge is 0.0581 e. The van der Waals surface area contributed by atoms with Crippen molar-refractivity contribution in [3.63, 3.8) is 0 Å². The fourth-order valence-electron chi connectivity index (χ4n) is 1.19. The Labute approximate surface area is 94.0 Å². The second-order valence-electron chi connectivity index (χ2n) is 3.08. The van der Waals surface area contributed by atoms with Crippen LogP contribution in [-0.2, 0) is 0 Å². The lowest BCUT2D eigenvalue weighted by Gasteiger charge is -2.12. The van der Waals surface area contributed by atoms with E-state index in [1.165, 1.54) is 5.56 Å². The number of hydrogen-bond acceptors (Lipinski definition) is 1. The van der Waals surface area contributed by atoms with E-state index in [-0.39, 0.29) is 0 Å². The van der Waals surface area contributed by atoms with E-state index < -0.39 is 0 Å². The third-order valence-electron chi connectivity index (χ3n) is 2.02. The Morgan fingerprint density at radius 3 is 2.93 bits per heavy atom. The van der Waals surface area contributed by atoms with E-state index >= 15 is 0 Å². The van der Waals surface area contributed by atoms with Crippen LogP contribution in [0.4, 0.5) is 0 Å². The zero-order valence-electron chi connectivity index (χ0n) is 8.47. The normalized spacial score (nSPS) is 11.6. The summed E-state index contributed by atoms with van der Waals surface area (Å²) in [4.78, 5) is 0. The standard InChI is InChI=1S/C12H14BrN/c1-3-4-8-14-10(2)11-6-5-7-12(13)9-11/h5-7,9-10,14H,8H2,1-2H3/t10-/m0/s1. The first-order valence-electron chi connectivity index (χ1n) is 4.62. The van der Waals surface area contributed by atoms with E-state index in [0.29, 0.717) is 6.04 Å². The van der Waals surface area contributed by atoms with Gasteiger partial charge in [0.15, 0.2) is 0 Å². The number of nitrogens with one attached hydrogen (secondary N) is 1. The van der Waals surface area contributed by atoms with Crippen molar-refractivity contribution in [1.29, 1.82) is 0 Å². The summed E-state index contributed by atoms with van der Waals surface area (Å²) in [6.07, 6.45) is 0. The van der Waals surface area contributed by atoms with Gasteiger partial charge in [-0.1, -0.05) is 34.0 Å². The quantitative estimate of drug-likeness (QED) is 0.815. The van der Waals surface area contributed by atoms with Gasteiger partial charge < -0.3 is 0 Å². The third kappa shape index (κ3) is 3.53. The summed E-state index contributed by atoms with van der Waals surface area (Å²) in [6, 6.07) is 8.65. The van der Waals surface area contributed by atoms with E-state index in [9.17, 15) is 0 Å². The number of rotatable bonds is 3. The molecule has 14 heavy (non-hydrogen) atoms. The van der Waals surface area contributed by atoms with Gasteiger partial charge in [0, 0.05) is 10.5 Å². The molecule has 0 heterocycles. The molecule has 74 valence electrons. The highest BCUT2D eigenvalue weighted by molar-refractivity contribution is 9.10. The molecule has 1 rings (SSSR count). The molecule has 1 atom stereocenters. The van der Waals surface area contributed by atoms with E-state index in [4.69, 9.17) is 0 Å². The van der Waals surface area contributed by atoms with Crippen molar-refractivity contribution >= 4 is 15.9 Å². The Bertz CT molecular complexity index is 349. The van der Waals surface area contributed by atoms with E-state index in [1.807, 2.05) is 19.1 Å². The summed E-state index contributed by atoms with van der Waals surface area (Å²) in [5, 5.41) is 3.33. The summed E-state index contributed by atoms with van der Waals surface area (Å²) < 4.78 is 1.12. The molecule has 0 bridgehead atoms. The lowest BCUT2D eigenvalue weighted by Crippen LogP contribution is -2.18. The maximum absolute atomic E-state index is 3.46. The first kappa shape index (κ1) is 11.3. The average Bonchev–Trinajstić information content (AvgIpc) is 2.18. The van der Waals surface area contributed by atoms with Crippen molar-refractivity contribution < 1.29 is 0 Å². The van der Waals surface area contributed by atoms with Crippen LogP contribution >= 0.6 is 15.9 Å². The topological polar surface area (TPSA) is 12.0 Å². The Morgan fingerprint density at radius 1 is 1.50 bits per heavy atom. The van der Waals surface area contributed by atoms with Gasteiger partial charge >= 0.3 is 0 Å². The first-order valence-corrected chi connectivity index (χ1v) is 5.42. The molecular weight excluding hydrogens is 238 g/mol. The summed E-state index contributed by atoms with van der Waals surface area (Å²) in [6.45, 7) is 4.73. The molecule has 1 aromatic carbocycles. The molecule has 1 aromatic rings. The molecule has 0 aromatic heterocycles. The van der Waals surface area contributed by atoms with Crippen molar-refractivity contribution in [1.82, 2.24) is 5.32 Å². The van der Waals surface area contributed by atoms with Crippen LogP contribution in [0.5, 0.6) is 0 Å². The lowest BCUT2D eigenvalue weighted by molar-refractivity contribution is 0.623. The molecule has 0 saturated heterocycles. The van der Waals surface area contributed by atoms with Crippen molar-refractivity contribution in [3.05, 3.63) is 34.3 Å². The molecule has 1 N–H and O–H groups in total. The largest absolute Gasteiger partial charge is 0.300 e. The maximum Gasteiger partial charge on any atom is 0.0581 e. The van der Waals surface area contributed by atoms with Gasteiger partial charge in [-0.15, -0.1) is 5.92 Å². The Kier molecular flexibility index (Phi) is 4.72.